The summed E-state index contributed by atoms with van der Waals surface area (Å²) < 4.78 is 3.66. The maximum atomic E-state index is 8.70. The molecule has 0 radical (unpaired) electrons. The van der Waals surface area contributed by atoms with Crippen LogP contribution >= 0.6 is 0 Å². The summed E-state index contributed by atoms with van der Waals surface area (Å²) in [5, 5.41) is 20.8. The van der Waals surface area contributed by atoms with Crippen LogP contribution in [0.4, 0.5) is 0 Å². The summed E-state index contributed by atoms with van der Waals surface area (Å²) in [6.45, 7) is 1.74. The summed E-state index contributed by atoms with van der Waals surface area (Å²) >= 11 is 0. The van der Waals surface area contributed by atoms with E-state index < -0.39 is 0 Å². The minimum atomic E-state index is 0.195. The van der Waals surface area contributed by atoms with E-state index in [9.17, 15) is 0 Å². The van der Waals surface area contributed by atoms with Crippen molar-refractivity contribution in [1.29, 1.82) is 0 Å². The summed E-state index contributed by atoms with van der Waals surface area (Å²) in [4.78, 5) is 0. The third-order valence-electron chi connectivity index (χ3n) is 2.29. The monoisotopic (exact) mass is 221 g/mol. The second-order valence-corrected chi connectivity index (χ2v) is 3.57. The Morgan fingerprint density at radius 3 is 2.88 bits per heavy atom. The highest BCUT2D eigenvalue weighted by Gasteiger charge is 2.00. The lowest BCUT2D eigenvalue weighted by Gasteiger charge is -2.00. The normalized spacial score (nSPS) is 10.8. The number of hydrogen-bond acceptors (Lipinski definition) is 4. The van der Waals surface area contributed by atoms with Crippen LogP contribution in [0.15, 0.2) is 24.7 Å². The van der Waals surface area contributed by atoms with Crippen LogP contribution in [0.1, 0.15) is 12.1 Å². The van der Waals surface area contributed by atoms with Crippen LogP contribution in [0.25, 0.3) is 0 Å². The van der Waals surface area contributed by atoms with Crippen molar-refractivity contribution < 1.29 is 5.11 Å². The van der Waals surface area contributed by atoms with Gasteiger partial charge in [0.1, 0.15) is 0 Å². The molecule has 0 aliphatic carbocycles. The van der Waals surface area contributed by atoms with Gasteiger partial charge in [0.2, 0.25) is 0 Å². The molecule has 6 heteroatoms. The minimum absolute atomic E-state index is 0.195. The van der Waals surface area contributed by atoms with Crippen LogP contribution in [0.3, 0.4) is 0 Å². The SMILES string of the molecule is OCCCc1cn(CCn2cccn2)nn1. The number of nitrogens with zero attached hydrogens (tertiary/aromatic N) is 5. The van der Waals surface area contributed by atoms with E-state index in [0.717, 1.165) is 31.6 Å². The molecule has 0 atom stereocenters. The van der Waals surface area contributed by atoms with E-state index in [0.29, 0.717) is 0 Å². The summed E-state index contributed by atoms with van der Waals surface area (Å²) in [5.74, 6) is 0. The Hall–Kier alpha value is -1.69. The topological polar surface area (TPSA) is 68.8 Å². The van der Waals surface area contributed by atoms with Gasteiger partial charge in [-0.2, -0.15) is 5.10 Å². The van der Waals surface area contributed by atoms with Gasteiger partial charge in [0, 0.05) is 25.2 Å². The molecule has 86 valence electrons. The molecule has 2 heterocycles. The van der Waals surface area contributed by atoms with Crippen molar-refractivity contribution in [1.82, 2.24) is 24.8 Å². The lowest BCUT2D eigenvalue weighted by Crippen LogP contribution is -2.08. The van der Waals surface area contributed by atoms with Gasteiger partial charge in [0.05, 0.1) is 18.8 Å². The highest BCUT2D eigenvalue weighted by atomic mass is 16.2. The third kappa shape index (κ3) is 2.90. The largest absolute Gasteiger partial charge is 0.396 e. The van der Waals surface area contributed by atoms with Crippen LogP contribution < -0.4 is 0 Å². The van der Waals surface area contributed by atoms with Crippen molar-refractivity contribution >= 4 is 0 Å². The number of rotatable bonds is 6. The molecule has 0 aliphatic heterocycles. The molecule has 6 nitrogen and oxygen atoms in total. The standard InChI is InChI=1S/C10H15N5O/c16-8-1-3-10-9-15(13-12-10)7-6-14-5-2-4-11-14/h2,4-5,9,16H,1,3,6-8H2. The molecule has 0 fully saturated rings. The van der Waals surface area contributed by atoms with E-state index >= 15 is 0 Å². The van der Waals surface area contributed by atoms with Crippen LogP contribution in [-0.2, 0) is 19.5 Å². The average molecular weight is 221 g/mol. The molecular weight excluding hydrogens is 206 g/mol. The van der Waals surface area contributed by atoms with Gasteiger partial charge in [-0.25, -0.2) is 0 Å². The quantitative estimate of drug-likeness (QED) is 0.751. The second kappa shape index (κ2) is 5.41. The Morgan fingerprint density at radius 2 is 2.12 bits per heavy atom. The van der Waals surface area contributed by atoms with Gasteiger partial charge in [-0.1, -0.05) is 5.21 Å². The molecular formula is C10H15N5O. The van der Waals surface area contributed by atoms with Gasteiger partial charge < -0.3 is 5.11 Å². The van der Waals surface area contributed by atoms with E-state index in [2.05, 4.69) is 15.4 Å². The van der Waals surface area contributed by atoms with E-state index in [1.165, 1.54) is 0 Å². The van der Waals surface area contributed by atoms with Gasteiger partial charge in [-0.05, 0) is 18.9 Å². The molecule has 16 heavy (non-hydrogen) atoms. The van der Waals surface area contributed by atoms with E-state index in [1.54, 1.807) is 10.9 Å². The molecule has 0 unspecified atom stereocenters. The van der Waals surface area contributed by atoms with Crippen molar-refractivity contribution in [2.45, 2.75) is 25.9 Å². The fourth-order valence-electron chi connectivity index (χ4n) is 1.46. The number of aromatic nitrogens is 5. The lowest BCUT2D eigenvalue weighted by molar-refractivity contribution is 0.288. The molecule has 0 bridgehead atoms. The predicted octanol–water partition coefficient (Wildman–Crippen LogP) is 0.0997. The zero-order chi connectivity index (χ0) is 11.2. The molecule has 0 aliphatic rings. The summed E-state index contributed by atoms with van der Waals surface area (Å²) in [6, 6.07) is 1.90. The molecule has 0 aromatic carbocycles. The maximum absolute atomic E-state index is 8.70. The molecule has 0 spiro atoms. The number of aryl methyl sites for hydroxylation is 3. The van der Waals surface area contributed by atoms with Gasteiger partial charge in [-0.3, -0.25) is 9.36 Å². The third-order valence-corrected chi connectivity index (χ3v) is 2.29. The fraction of sp³-hybridized carbons (Fsp3) is 0.500. The van der Waals surface area contributed by atoms with Gasteiger partial charge >= 0.3 is 0 Å². The van der Waals surface area contributed by atoms with Gasteiger partial charge in [-0.15, -0.1) is 5.10 Å². The first kappa shape index (κ1) is 10.8. The molecule has 2 aromatic heterocycles. The average Bonchev–Trinajstić information content (AvgIpc) is 2.95. The zero-order valence-corrected chi connectivity index (χ0v) is 9.03. The Morgan fingerprint density at radius 1 is 1.25 bits per heavy atom. The van der Waals surface area contributed by atoms with Crippen molar-refractivity contribution in [3.63, 3.8) is 0 Å². The fourth-order valence-corrected chi connectivity index (χ4v) is 1.46. The summed E-state index contributed by atoms with van der Waals surface area (Å²) in [5.41, 5.74) is 0.925. The summed E-state index contributed by atoms with van der Waals surface area (Å²) in [7, 11) is 0. The van der Waals surface area contributed by atoms with E-state index in [4.69, 9.17) is 5.11 Å². The number of aliphatic hydroxyl groups is 1. The minimum Gasteiger partial charge on any atom is -0.396 e. The number of hydrogen-bond donors (Lipinski definition) is 1. The predicted molar refractivity (Wildman–Crippen MR) is 57.7 cm³/mol. The van der Waals surface area contributed by atoms with Crippen molar-refractivity contribution in [3.05, 3.63) is 30.4 Å². The Kier molecular flexibility index (Phi) is 3.66. The highest BCUT2D eigenvalue weighted by molar-refractivity contribution is 4.92. The zero-order valence-electron chi connectivity index (χ0n) is 9.03. The Labute approximate surface area is 93.5 Å². The molecule has 0 amide bonds. The molecule has 2 aromatic rings. The first-order chi connectivity index (χ1) is 7.88. The molecule has 1 N–H and O–H groups in total. The smallest absolute Gasteiger partial charge is 0.0828 e. The van der Waals surface area contributed by atoms with Crippen molar-refractivity contribution in [3.8, 4) is 0 Å². The first-order valence-electron chi connectivity index (χ1n) is 5.36. The lowest BCUT2D eigenvalue weighted by atomic mass is 10.3. The molecule has 0 saturated carbocycles. The van der Waals surface area contributed by atoms with Crippen molar-refractivity contribution in [2.24, 2.45) is 0 Å². The highest BCUT2D eigenvalue weighted by Crippen LogP contribution is 1.98. The second-order valence-electron chi connectivity index (χ2n) is 3.57. The van der Waals surface area contributed by atoms with Gasteiger partial charge in [0.15, 0.2) is 0 Å². The van der Waals surface area contributed by atoms with Crippen LogP contribution in [0, 0.1) is 0 Å². The maximum Gasteiger partial charge on any atom is 0.0828 e. The van der Waals surface area contributed by atoms with Crippen LogP contribution in [0.5, 0.6) is 0 Å². The Bertz CT molecular complexity index is 409. The van der Waals surface area contributed by atoms with Crippen LogP contribution in [0.2, 0.25) is 0 Å². The molecule has 2 rings (SSSR count). The van der Waals surface area contributed by atoms with E-state index in [1.807, 2.05) is 23.1 Å². The number of aliphatic hydroxyl groups excluding tert-OH is 1. The first-order valence-corrected chi connectivity index (χ1v) is 5.36. The van der Waals surface area contributed by atoms with E-state index in [-0.39, 0.29) is 6.61 Å². The van der Waals surface area contributed by atoms with Crippen molar-refractivity contribution in [2.75, 3.05) is 6.61 Å². The van der Waals surface area contributed by atoms with Crippen LogP contribution in [-0.4, -0.2) is 36.5 Å². The molecule has 0 saturated heterocycles. The summed E-state index contributed by atoms with van der Waals surface area (Å²) in [6.07, 6.45) is 7.10. The Balaban J connectivity index is 1.83. The van der Waals surface area contributed by atoms with Gasteiger partial charge in [0.25, 0.3) is 0 Å².